The molecule has 1 unspecified atom stereocenters. The van der Waals surface area contributed by atoms with Crippen LogP contribution in [0.1, 0.15) is 39.5 Å². The van der Waals surface area contributed by atoms with Gasteiger partial charge in [0.2, 0.25) is 0 Å². The predicted molar refractivity (Wildman–Crippen MR) is 71.7 cm³/mol. The van der Waals surface area contributed by atoms with Crippen LogP contribution < -0.4 is 12.4 Å². The number of halogens is 1. The maximum atomic E-state index is 11.1. The van der Waals surface area contributed by atoms with E-state index in [2.05, 4.69) is 27.6 Å². The minimum absolute atomic E-state index is 0. The summed E-state index contributed by atoms with van der Waals surface area (Å²) in [6, 6.07) is 0. The van der Waals surface area contributed by atoms with Crippen LogP contribution in [0.3, 0.4) is 0 Å². The largest absolute Gasteiger partial charge is 1.00 e. The Labute approximate surface area is 118 Å². The predicted octanol–water partition coefficient (Wildman–Crippen LogP) is -0.235. The number of unbranched alkanes of at least 4 members (excludes halogenated alkanes) is 3. The average molecular weight is 278 g/mol. The lowest BCUT2D eigenvalue weighted by Gasteiger charge is -2.32. The van der Waals surface area contributed by atoms with Crippen molar-refractivity contribution in [3.63, 3.8) is 0 Å². The summed E-state index contributed by atoms with van der Waals surface area (Å²) in [5, 5.41) is 0. The lowest BCUT2D eigenvalue weighted by molar-refractivity contribution is -0.893. The van der Waals surface area contributed by atoms with Gasteiger partial charge in [-0.15, -0.1) is 0 Å². The quantitative estimate of drug-likeness (QED) is 0.252. The number of esters is 1. The molecular weight excluding hydrogens is 250 g/mol. The minimum atomic E-state index is -0.330. The zero-order valence-electron chi connectivity index (χ0n) is 12.2. The first-order valence-electron chi connectivity index (χ1n) is 6.56. The van der Waals surface area contributed by atoms with Gasteiger partial charge in [-0.2, -0.15) is 0 Å². The van der Waals surface area contributed by atoms with E-state index in [1.807, 2.05) is 6.92 Å². The summed E-state index contributed by atoms with van der Waals surface area (Å²) in [5.74, 6) is -0.330. The second-order valence-electron chi connectivity index (χ2n) is 5.35. The highest BCUT2D eigenvalue weighted by Gasteiger charge is 2.20. The molecule has 0 amide bonds. The molecule has 3 nitrogen and oxygen atoms in total. The van der Waals surface area contributed by atoms with Gasteiger partial charge in [-0.25, -0.2) is 4.79 Å². The third kappa shape index (κ3) is 10.6. The molecule has 0 spiro atoms. The van der Waals surface area contributed by atoms with Gasteiger partial charge in [0.1, 0.15) is 12.6 Å². The number of hydrogen-bond donors (Lipinski definition) is 0. The van der Waals surface area contributed by atoms with Crippen molar-refractivity contribution in [3.05, 3.63) is 12.7 Å². The third-order valence-electron chi connectivity index (χ3n) is 2.85. The van der Waals surface area contributed by atoms with Crippen molar-refractivity contribution in [2.24, 2.45) is 0 Å². The number of rotatable bonds is 9. The van der Waals surface area contributed by atoms with Crippen molar-refractivity contribution in [3.8, 4) is 0 Å². The van der Waals surface area contributed by atoms with E-state index in [0.717, 1.165) is 17.6 Å². The van der Waals surface area contributed by atoms with E-state index in [0.29, 0.717) is 0 Å². The van der Waals surface area contributed by atoms with E-state index in [1.54, 1.807) is 0 Å². The van der Waals surface area contributed by atoms with E-state index < -0.39 is 0 Å². The summed E-state index contributed by atoms with van der Waals surface area (Å²) in [7, 11) is 4.37. The molecule has 0 aliphatic rings. The number of quaternary nitrogens is 1. The summed E-state index contributed by atoms with van der Waals surface area (Å²) in [6.45, 7) is 9.55. The van der Waals surface area contributed by atoms with E-state index in [9.17, 15) is 4.79 Å². The average Bonchev–Trinajstić information content (AvgIpc) is 2.23. The van der Waals surface area contributed by atoms with Gasteiger partial charge in [0.15, 0.2) is 0 Å². The molecule has 0 aromatic rings. The molecule has 108 valence electrons. The Hall–Kier alpha value is -0.540. The normalized spacial score (nSPS) is 12.4. The summed E-state index contributed by atoms with van der Waals surface area (Å²) < 4.78 is 6.09. The van der Waals surface area contributed by atoms with Gasteiger partial charge < -0.3 is 21.6 Å². The Morgan fingerprint density at radius 3 is 2.44 bits per heavy atom. The number of ether oxygens (including phenoxy) is 1. The van der Waals surface area contributed by atoms with Crippen molar-refractivity contribution >= 4 is 5.97 Å². The van der Waals surface area contributed by atoms with Crippen molar-refractivity contribution in [1.82, 2.24) is 0 Å². The van der Waals surface area contributed by atoms with E-state index in [1.165, 1.54) is 31.8 Å². The zero-order chi connectivity index (χ0) is 13.3. The molecule has 0 rings (SSSR count). The van der Waals surface area contributed by atoms with E-state index >= 15 is 0 Å². The molecule has 0 fully saturated rings. The van der Waals surface area contributed by atoms with Crippen LogP contribution >= 0.6 is 0 Å². The van der Waals surface area contributed by atoms with Gasteiger partial charge in [-0.3, -0.25) is 0 Å². The second-order valence-corrected chi connectivity index (χ2v) is 5.35. The summed E-state index contributed by atoms with van der Waals surface area (Å²) in [5.41, 5.74) is 0. The fraction of sp³-hybridized carbons (Fsp3) is 0.786. The lowest BCUT2D eigenvalue weighted by Crippen LogP contribution is -3.00. The topological polar surface area (TPSA) is 26.3 Å². The summed E-state index contributed by atoms with van der Waals surface area (Å²) >= 11 is 0. The van der Waals surface area contributed by atoms with Gasteiger partial charge in [-0.05, 0) is 19.8 Å². The monoisotopic (exact) mass is 277 g/mol. The Balaban J connectivity index is 0. The highest BCUT2D eigenvalue weighted by Crippen LogP contribution is 2.08. The van der Waals surface area contributed by atoms with Crippen molar-refractivity contribution in [2.75, 3.05) is 27.2 Å². The summed E-state index contributed by atoms with van der Waals surface area (Å²) in [4.78, 5) is 11.1. The molecule has 0 radical (unpaired) electrons. The number of hydrogen-bond acceptors (Lipinski definition) is 2. The van der Waals surface area contributed by atoms with Crippen LogP contribution in [0.4, 0.5) is 0 Å². The van der Waals surface area contributed by atoms with Crippen molar-refractivity contribution in [1.29, 1.82) is 0 Å². The molecule has 18 heavy (non-hydrogen) atoms. The zero-order valence-corrected chi connectivity index (χ0v) is 13.0. The van der Waals surface area contributed by atoms with Crippen LogP contribution in [0.2, 0.25) is 0 Å². The van der Waals surface area contributed by atoms with Crippen LogP contribution in [0, 0.1) is 0 Å². The molecule has 0 aliphatic heterocycles. The van der Waals surface area contributed by atoms with Crippen LogP contribution in [0.5, 0.6) is 0 Å². The molecule has 0 saturated carbocycles. The minimum Gasteiger partial charge on any atom is -1.00 e. The maximum Gasteiger partial charge on any atom is 0.330 e. The fourth-order valence-corrected chi connectivity index (χ4v) is 2.04. The fourth-order valence-electron chi connectivity index (χ4n) is 2.04. The molecule has 1 atom stereocenters. The van der Waals surface area contributed by atoms with Gasteiger partial charge in [0.05, 0.1) is 20.6 Å². The van der Waals surface area contributed by atoms with Crippen LogP contribution in [0.15, 0.2) is 12.7 Å². The number of carbonyl (C=O) groups excluding carboxylic acids is 1. The first-order chi connectivity index (χ1) is 7.91. The Morgan fingerprint density at radius 1 is 1.33 bits per heavy atom. The van der Waals surface area contributed by atoms with Gasteiger partial charge >= 0.3 is 5.97 Å². The standard InChI is InChI=1S/C14H28NO2.ClH/c1-6-8-9-10-11-15(4,5)12-13(3)17-14(16)7-2;/h7,13H,2,6,8-12H2,1,3-5H3;1H/q+1;/p-1. The number of likely N-dealkylation sites (N-methyl/N-ethyl adjacent to an activating group) is 1. The molecule has 0 saturated heterocycles. The molecule has 0 heterocycles. The van der Waals surface area contributed by atoms with Crippen molar-refractivity contribution < 1.29 is 26.4 Å². The van der Waals surface area contributed by atoms with E-state index in [4.69, 9.17) is 4.74 Å². The van der Waals surface area contributed by atoms with Gasteiger partial charge in [0.25, 0.3) is 0 Å². The Morgan fingerprint density at radius 2 is 1.94 bits per heavy atom. The summed E-state index contributed by atoms with van der Waals surface area (Å²) in [6.07, 6.45) is 6.27. The Kier molecular flexibility index (Phi) is 11.4. The van der Waals surface area contributed by atoms with Gasteiger partial charge in [0, 0.05) is 6.08 Å². The number of nitrogens with zero attached hydrogens (tertiary/aromatic N) is 1. The molecule has 0 aromatic carbocycles. The van der Waals surface area contributed by atoms with Crippen LogP contribution in [0.25, 0.3) is 0 Å². The molecular formula is C14H28ClNO2. The third-order valence-corrected chi connectivity index (χ3v) is 2.85. The maximum absolute atomic E-state index is 11.1. The molecule has 0 N–H and O–H groups in total. The first kappa shape index (κ1) is 19.8. The highest BCUT2D eigenvalue weighted by atomic mass is 35.5. The second kappa shape index (κ2) is 10.4. The van der Waals surface area contributed by atoms with Crippen LogP contribution in [-0.2, 0) is 9.53 Å². The first-order valence-corrected chi connectivity index (χ1v) is 6.56. The number of carbonyl (C=O) groups is 1. The molecule has 0 bridgehead atoms. The smallest absolute Gasteiger partial charge is 0.330 e. The van der Waals surface area contributed by atoms with Crippen molar-refractivity contribution in [2.45, 2.75) is 45.6 Å². The SMILES string of the molecule is C=CC(=O)OC(C)C[N+](C)(C)CCCCCC.[Cl-]. The van der Waals surface area contributed by atoms with Crippen LogP contribution in [-0.4, -0.2) is 43.7 Å². The molecule has 4 heteroatoms. The Bertz CT molecular complexity index is 242. The van der Waals surface area contributed by atoms with Gasteiger partial charge in [-0.1, -0.05) is 26.3 Å². The van der Waals surface area contributed by atoms with E-state index in [-0.39, 0.29) is 24.5 Å². The highest BCUT2D eigenvalue weighted by molar-refractivity contribution is 5.81. The lowest BCUT2D eigenvalue weighted by atomic mass is 10.2. The molecule has 0 aliphatic carbocycles. The molecule has 0 aromatic heterocycles.